The van der Waals surface area contributed by atoms with Crippen LogP contribution in [0.5, 0.6) is 0 Å². The van der Waals surface area contributed by atoms with E-state index in [4.69, 9.17) is 23.2 Å². The molecule has 2 N–H and O–H groups in total. The molecule has 0 unspecified atom stereocenters. The van der Waals surface area contributed by atoms with Gasteiger partial charge in [0.05, 0.1) is 27.6 Å². The minimum absolute atomic E-state index is 0.0123. The molecule has 0 saturated carbocycles. The normalized spacial score (nSPS) is 15.4. The molecule has 0 radical (unpaired) electrons. The lowest BCUT2D eigenvalue weighted by atomic mass is 10.1. The van der Waals surface area contributed by atoms with E-state index >= 15 is 0 Å². The summed E-state index contributed by atoms with van der Waals surface area (Å²) in [5.74, 6) is -0.496. The number of hydrogen-bond donors (Lipinski definition) is 2. The van der Waals surface area contributed by atoms with E-state index in [-0.39, 0.29) is 46.4 Å². The van der Waals surface area contributed by atoms with Crippen LogP contribution in [0.25, 0.3) is 17.1 Å². The van der Waals surface area contributed by atoms with Crippen molar-refractivity contribution >= 4 is 45.1 Å². The topological polar surface area (TPSA) is 122 Å². The molecule has 0 spiro atoms. The number of alkyl halides is 3. The van der Waals surface area contributed by atoms with E-state index in [0.29, 0.717) is 24.7 Å². The Morgan fingerprint density at radius 2 is 1.82 bits per heavy atom. The molecule has 1 aromatic carbocycles. The Balaban J connectivity index is 1.64. The number of benzene rings is 1. The first-order valence-electron chi connectivity index (χ1n) is 11.2. The molecule has 1 aliphatic rings. The van der Waals surface area contributed by atoms with Gasteiger partial charge in [0.25, 0.3) is 5.91 Å². The van der Waals surface area contributed by atoms with Gasteiger partial charge in [-0.3, -0.25) is 4.79 Å². The average molecular weight is 592 g/mol. The Morgan fingerprint density at radius 3 is 2.42 bits per heavy atom. The zero-order valence-electron chi connectivity index (χ0n) is 20.1. The summed E-state index contributed by atoms with van der Waals surface area (Å²) in [6.45, 7) is 0.548. The highest BCUT2D eigenvalue weighted by Gasteiger charge is 2.36. The Kier molecular flexibility index (Phi) is 7.89. The van der Waals surface area contributed by atoms with Gasteiger partial charge in [0.15, 0.2) is 0 Å². The fraction of sp³-hybridized carbons (Fsp3) is 0.364. The summed E-state index contributed by atoms with van der Waals surface area (Å²) in [6.07, 6.45) is 0.486. The molecule has 1 fully saturated rings. The summed E-state index contributed by atoms with van der Waals surface area (Å²) in [6, 6.07) is 2.70. The van der Waals surface area contributed by atoms with Crippen molar-refractivity contribution in [1.29, 1.82) is 0 Å². The highest BCUT2D eigenvalue weighted by molar-refractivity contribution is 7.88. The molecule has 3 aromatic rings. The number of amides is 1. The van der Waals surface area contributed by atoms with Crippen LogP contribution in [-0.4, -0.2) is 70.6 Å². The van der Waals surface area contributed by atoms with E-state index in [2.05, 4.69) is 25.6 Å². The van der Waals surface area contributed by atoms with Crippen LogP contribution in [-0.2, 0) is 16.2 Å². The van der Waals surface area contributed by atoms with Crippen molar-refractivity contribution in [2.24, 2.45) is 0 Å². The lowest BCUT2D eigenvalue weighted by Gasteiger charge is -2.30. The molecule has 0 aliphatic carbocycles. The number of nitrogens with zero attached hydrogens (tertiary/aromatic N) is 5. The number of sulfonamides is 1. The van der Waals surface area contributed by atoms with Crippen molar-refractivity contribution in [2.45, 2.75) is 25.1 Å². The zero-order valence-corrected chi connectivity index (χ0v) is 22.4. The third-order valence-corrected chi connectivity index (χ3v) is 8.16. The van der Waals surface area contributed by atoms with Gasteiger partial charge in [-0.2, -0.15) is 13.2 Å². The number of carbonyl (C=O) groups is 1. The maximum atomic E-state index is 13.8. The van der Waals surface area contributed by atoms with Gasteiger partial charge in [-0.25, -0.2) is 27.7 Å². The van der Waals surface area contributed by atoms with Gasteiger partial charge in [-0.15, -0.1) is 0 Å². The van der Waals surface area contributed by atoms with Crippen LogP contribution in [0, 0.1) is 0 Å². The number of carbonyl (C=O) groups excluding carboxylic acids is 1. The van der Waals surface area contributed by atoms with Crippen molar-refractivity contribution in [3.05, 3.63) is 52.0 Å². The molecule has 0 atom stereocenters. The third kappa shape index (κ3) is 5.87. The van der Waals surface area contributed by atoms with Gasteiger partial charge in [-0.1, -0.05) is 23.2 Å². The van der Waals surface area contributed by atoms with E-state index in [1.165, 1.54) is 40.6 Å². The highest BCUT2D eigenvalue weighted by Crippen LogP contribution is 2.37. The number of imidazole rings is 1. The van der Waals surface area contributed by atoms with Gasteiger partial charge in [0.2, 0.25) is 16.0 Å². The average Bonchev–Trinajstić information content (AvgIpc) is 3.34. The zero-order chi connectivity index (χ0) is 27.8. The first-order valence-corrected chi connectivity index (χ1v) is 13.8. The fourth-order valence-electron chi connectivity index (χ4n) is 3.99. The molecule has 16 heteroatoms. The predicted octanol–water partition coefficient (Wildman–Crippen LogP) is 3.85. The molecule has 1 amide bonds. The Bertz CT molecular complexity index is 1470. The maximum absolute atomic E-state index is 13.8. The molecule has 1 saturated heterocycles. The number of hydrogen-bond acceptors (Lipinski definition) is 7. The van der Waals surface area contributed by atoms with E-state index in [1.54, 1.807) is 0 Å². The monoisotopic (exact) mass is 591 g/mol. The van der Waals surface area contributed by atoms with E-state index in [0.717, 1.165) is 6.26 Å². The van der Waals surface area contributed by atoms with Crippen LogP contribution in [0.1, 0.15) is 28.8 Å². The van der Waals surface area contributed by atoms with Gasteiger partial charge in [0, 0.05) is 38.6 Å². The number of piperidine rings is 1. The third-order valence-electron chi connectivity index (χ3n) is 5.99. The van der Waals surface area contributed by atoms with Crippen molar-refractivity contribution in [1.82, 2.24) is 29.1 Å². The summed E-state index contributed by atoms with van der Waals surface area (Å²) < 4.78 is 67.6. The second-order valence-electron chi connectivity index (χ2n) is 8.54. The summed E-state index contributed by atoms with van der Waals surface area (Å²) in [7, 11) is -1.89. The van der Waals surface area contributed by atoms with Crippen LogP contribution in [0.4, 0.5) is 19.1 Å². The molecular weight excluding hydrogens is 570 g/mol. The molecule has 3 heterocycles. The van der Waals surface area contributed by atoms with E-state index in [1.807, 2.05) is 0 Å². The van der Waals surface area contributed by atoms with E-state index < -0.39 is 33.4 Å². The SMILES string of the molecule is CNC(=O)c1ccc(-n2cnc(-c3nc(NC4CCN(S(C)(=O)=O)CC4)ncc3C(F)(F)F)c2)c(Cl)c1Cl. The summed E-state index contributed by atoms with van der Waals surface area (Å²) >= 11 is 12.6. The molecule has 10 nitrogen and oxygen atoms in total. The quantitative estimate of drug-likeness (QED) is 0.446. The fourth-order valence-corrected chi connectivity index (χ4v) is 5.38. The van der Waals surface area contributed by atoms with E-state index in [9.17, 15) is 26.4 Å². The molecule has 0 bridgehead atoms. The van der Waals surface area contributed by atoms with Crippen LogP contribution < -0.4 is 10.6 Å². The molecule has 1 aliphatic heterocycles. The Morgan fingerprint density at radius 1 is 1.13 bits per heavy atom. The number of halogens is 5. The standard InChI is InChI=1S/C22H22Cl2F3N7O3S/c1-28-20(35)13-3-4-16(18(24)17(13)23)33-10-15(30-11-33)19-14(22(25,26)27)9-29-21(32-19)31-12-5-7-34(8-6-12)38(2,36)37/h3-4,9-12H,5-8H2,1-2H3,(H,28,35)(H,29,31,32). The number of nitrogens with one attached hydrogen (secondary N) is 2. The molecule has 4 rings (SSSR count). The first-order chi connectivity index (χ1) is 17.8. The molecule has 2 aromatic heterocycles. The first kappa shape index (κ1) is 28.1. The van der Waals surface area contributed by atoms with Crippen molar-refractivity contribution in [2.75, 3.05) is 31.7 Å². The largest absolute Gasteiger partial charge is 0.420 e. The summed E-state index contributed by atoms with van der Waals surface area (Å²) in [5, 5.41) is 5.43. The van der Waals surface area contributed by atoms with Crippen molar-refractivity contribution < 1.29 is 26.4 Å². The number of anilines is 1. The highest BCUT2D eigenvalue weighted by atomic mass is 35.5. The van der Waals surface area contributed by atoms with Crippen LogP contribution >= 0.6 is 23.2 Å². The van der Waals surface area contributed by atoms with Crippen molar-refractivity contribution in [3.63, 3.8) is 0 Å². The summed E-state index contributed by atoms with van der Waals surface area (Å²) in [4.78, 5) is 24.0. The lowest BCUT2D eigenvalue weighted by Crippen LogP contribution is -2.42. The lowest BCUT2D eigenvalue weighted by molar-refractivity contribution is -0.137. The minimum atomic E-state index is -4.76. The second-order valence-corrected chi connectivity index (χ2v) is 11.3. The number of aromatic nitrogens is 4. The maximum Gasteiger partial charge on any atom is 0.420 e. The minimum Gasteiger partial charge on any atom is -0.355 e. The number of rotatable bonds is 6. The molecule has 38 heavy (non-hydrogen) atoms. The molecule has 204 valence electrons. The Labute approximate surface area is 226 Å². The molecular formula is C22H22Cl2F3N7O3S. The van der Waals surface area contributed by atoms with Crippen LogP contribution in [0.15, 0.2) is 30.9 Å². The van der Waals surface area contributed by atoms with Crippen LogP contribution in [0.2, 0.25) is 10.0 Å². The van der Waals surface area contributed by atoms with Gasteiger partial charge in [0.1, 0.15) is 23.3 Å². The predicted molar refractivity (Wildman–Crippen MR) is 136 cm³/mol. The smallest absolute Gasteiger partial charge is 0.355 e. The van der Waals surface area contributed by atoms with Gasteiger partial charge in [-0.05, 0) is 25.0 Å². The van der Waals surface area contributed by atoms with Crippen molar-refractivity contribution in [3.8, 4) is 17.1 Å². The summed E-state index contributed by atoms with van der Waals surface area (Å²) in [5.41, 5.74) is -1.21. The second kappa shape index (κ2) is 10.7. The van der Waals surface area contributed by atoms with Gasteiger partial charge >= 0.3 is 6.18 Å². The van der Waals surface area contributed by atoms with Crippen LogP contribution in [0.3, 0.4) is 0 Å². The Hall–Kier alpha value is -2.94. The van der Waals surface area contributed by atoms with Gasteiger partial charge < -0.3 is 15.2 Å².